The molecule has 0 bridgehead atoms. The fraction of sp³-hybridized carbons (Fsp3) is 0.208. The first-order chi connectivity index (χ1) is 15.4. The van der Waals surface area contributed by atoms with Gasteiger partial charge in [0.05, 0.1) is 24.1 Å². The van der Waals surface area contributed by atoms with Crippen molar-refractivity contribution in [2.75, 3.05) is 12.4 Å². The lowest BCUT2D eigenvalue weighted by Gasteiger charge is -2.08. The number of benzene rings is 2. The monoisotopic (exact) mass is 449 g/mol. The van der Waals surface area contributed by atoms with Crippen LogP contribution in [0.2, 0.25) is 0 Å². The Morgan fingerprint density at radius 3 is 2.56 bits per heavy atom. The van der Waals surface area contributed by atoms with Gasteiger partial charge in [-0.3, -0.25) is 10.1 Å². The fourth-order valence-electron chi connectivity index (χ4n) is 3.23. The maximum absolute atomic E-state index is 12.8. The Labute approximate surface area is 190 Å². The molecular weight excluding hydrogens is 426 g/mol. The van der Waals surface area contributed by atoms with Crippen LogP contribution >= 0.6 is 11.3 Å². The number of amides is 1. The predicted molar refractivity (Wildman–Crippen MR) is 124 cm³/mol. The molecule has 1 amide bonds. The van der Waals surface area contributed by atoms with Gasteiger partial charge in [0, 0.05) is 16.0 Å². The molecule has 0 spiro atoms. The van der Waals surface area contributed by atoms with Gasteiger partial charge in [-0.15, -0.1) is 11.3 Å². The van der Waals surface area contributed by atoms with Gasteiger partial charge in [0.15, 0.2) is 5.13 Å². The highest BCUT2D eigenvalue weighted by Crippen LogP contribution is 2.31. The van der Waals surface area contributed by atoms with Crippen LogP contribution in [0, 0.1) is 20.8 Å². The Morgan fingerprint density at radius 1 is 1.09 bits per heavy atom. The molecule has 32 heavy (non-hydrogen) atoms. The van der Waals surface area contributed by atoms with E-state index in [1.807, 2.05) is 51.1 Å². The number of carbonyl (C=O) groups excluding carboxylic acids is 1. The summed E-state index contributed by atoms with van der Waals surface area (Å²) in [6.07, 6.45) is 0. The van der Waals surface area contributed by atoms with Gasteiger partial charge in [-0.1, -0.05) is 11.2 Å². The molecule has 2 aromatic carbocycles. The number of aromatic nitrogens is 2. The zero-order chi connectivity index (χ0) is 22.7. The van der Waals surface area contributed by atoms with Crippen molar-refractivity contribution in [2.45, 2.75) is 27.4 Å². The fourth-order valence-corrected chi connectivity index (χ4v) is 4.06. The van der Waals surface area contributed by atoms with Gasteiger partial charge >= 0.3 is 0 Å². The van der Waals surface area contributed by atoms with Gasteiger partial charge in [0.1, 0.15) is 23.9 Å². The van der Waals surface area contributed by atoms with Crippen LogP contribution in [0.3, 0.4) is 0 Å². The van der Waals surface area contributed by atoms with Gasteiger partial charge < -0.3 is 14.0 Å². The Hall–Kier alpha value is -3.65. The Balaban J connectivity index is 1.45. The highest BCUT2D eigenvalue weighted by molar-refractivity contribution is 7.16. The number of hydrogen-bond donors (Lipinski definition) is 1. The van der Waals surface area contributed by atoms with Crippen LogP contribution in [-0.4, -0.2) is 23.2 Å². The SMILES string of the molecule is COc1ccc(-c2nc(NC(=O)c3cccc(OCc4c(C)noc4C)c3)sc2C)cc1. The number of hydrogen-bond acceptors (Lipinski definition) is 7. The number of nitrogens with zero attached hydrogens (tertiary/aromatic N) is 2. The highest BCUT2D eigenvalue weighted by Gasteiger charge is 2.15. The molecule has 0 atom stereocenters. The number of anilines is 1. The number of nitrogens with one attached hydrogen (secondary N) is 1. The Kier molecular flexibility index (Phi) is 6.23. The summed E-state index contributed by atoms with van der Waals surface area (Å²) in [5.41, 5.74) is 3.99. The molecule has 7 nitrogen and oxygen atoms in total. The third kappa shape index (κ3) is 4.65. The van der Waals surface area contributed by atoms with Crippen LogP contribution in [-0.2, 0) is 6.61 Å². The lowest BCUT2D eigenvalue weighted by molar-refractivity contribution is 0.102. The average Bonchev–Trinajstić information content (AvgIpc) is 3.33. The third-order valence-electron chi connectivity index (χ3n) is 5.04. The van der Waals surface area contributed by atoms with E-state index in [1.165, 1.54) is 11.3 Å². The summed E-state index contributed by atoms with van der Waals surface area (Å²) < 4.78 is 16.2. The molecule has 0 aliphatic rings. The number of rotatable bonds is 7. The summed E-state index contributed by atoms with van der Waals surface area (Å²) in [5, 5.41) is 7.36. The molecule has 164 valence electrons. The average molecular weight is 450 g/mol. The molecule has 0 aliphatic heterocycles. The number of ether oxygens (including phenoxy) is 2. The first-order valence-electron chi connectivity index (χ1n) is 10.0. The van der Waals surface area contributed by atoms with Crippen LogP contribution in [0.5, 0.6) is 11.5 Å². The van der Waals surface area contributed by atoms with Crippen LogP contribution in [0.25, 0.3) is 11.3 Å². The molecule has 4 rings (SSSR count). The van der Waals surface area contributed by atoms with Crippen LogP contribution < -0.4 is 14.8 Å². The maximum Gasteiger partial charge on any atom is 0.257 e. The third-order valence-corrected chi connectivity index (χ3v) is 5.93. The van der Waals surface area contributed by atoms with Crippen molar-refractivity contribution >= 4 is 22.4 Å². The predicted octanol–water partition coefficient (Wildman–Crippen LogP) is 5.56. The minimum absolute atomic E-state index is 0.247. The zero-order valence-electron chi connectivity index (χ0n) is 18.3. The number of methoxy groups -OCH3 is 1. The van der Waals surface area contributed by atoms with Gasteiger partial charge in [0.2, 0.25) is 0 Å². The van der Waals surface area contributed by atoms with E-state index in [-0.39, 0.29) is 5.91 Å². The summed E-state index contributed by atoms with van der Waals surface area (Å²) in [5.74, 6) is 1.85. The van der Waals surface area contributed by atoms with Crippen LogP contribution in [0.15, 0.2) is 53.1 Å². The molecular formula is C24H23N3O4S. The molecule has 2 heterocycles. The minimum atomic E-state index is -0.247. The van der Waals surface area contributed by atoms with E-state index >= 15 is 0 Å². The molecule has 8 heteroatoms. The topological polar surface area (TPSA) is 86.5 Å². The number of carbonyl (C=O) groups is 1. The first kappa shape index (κ1) is 21.6. The molecule has 0 unspecified atom stereocenters. The largest absolute Gasteiger partial charge is 0.497 e. The van der Waals surface area contributed by atoms with E-state index in [2.05, 4.69) is 15.5 Å². The van der Waals surface area contributed by atoms with Gasteiger partial charge in [-0.05, 0) is 63.2 Å². The summed E-state index contributed by atoms with van der Waals surface area (Å²) in [4.78, 5) is 18.4. The van der Waals surface area contributed by atoms with E-state index in [4.69, 9.17) is 14.0 Å². The van der Waals surface area contributed by atoms with Crippen molar-refractivity contribution < 1.29 is 18.8 Å². The van der Waals surface area contributed by atoms with Gasteiger partial charge in [-0.2, -0.15) is 0 Å². The molecule has 0 saturated carbocycles. The van der Waals surface area contributed by atoms with E-state index < -0.39 is 0 Å². The zero-order valence-corrected chi connectivity index (χ0v) is 19.1. The molecule has 1 N–H and O–H groups in total. The second-order valence-electron chi connectivity index (χ2n) is 7.23. The van der Waals surface area contributed by atoms with E-state index in [0.717, 1.165) is 38.9 Å². The molecule has 4 aromatic rings. The summed E-state index contributed by atoms with van der Waals surface area (Å²) in [6.45, 7) is 6.02. The normalized spacial score (nSPS) is 10.8. The Bertz CT molecular complexity index is 1230. The summed E-state index contributed by atoms with van der Waals surface area (Å²) in [6, 6.07) is 14.7. The second kappa shape index (κ2) is 9.23. The van der Waals surface area contributed by atoms with Crippen LogP contribution in [0.1, 0.15) is 32.3 Å². The summed E-state index contributed by atoms with van der Waals surface area (Å²) in [7, 11) is 1.63. The molecule has 0 radical (unpaired) electrons. The smallest absolute Gasteiger partial charge is 0.257 e. The van der Waals surface area contributed by atoms with Crippen molar-refractivity contribution in [2.24, 2.45) is 0 Å². The second-order valence-corrected chi connectivity index (χ2v) is 8.43. The standard InChI is InChI=1S/C24H23N3O4S/c1-14-21(15(2)31-27-14)13-30-20-7-5-6-18(12-20)23(28)26-24-25-22(16(3)32-24)17-8-10-19(29-4)11-9-17/h5-12H,13H2,1-4H3,(H,25,26,28). The van der Waals surface area contributed by atoms with Crippen molar-refractivity contribution in [1.82, 2.24) is 10.1 Å². The molecule has 0 aliphatic carbocycles. The lowest BCUT2D eigenvalue weighted by Crippen LogP contribution is -2.11. The lowest BCUT2D eigenvalue weighted by atomic mass is 10.1. The molecule has 0 fully saturated rings. The van der Waals surface area contributed by atoms with Crippen molar-refractivity contribution in [3.05, 3.63) is 76.0 Å². The number of aryl methyl sites for hydroxylation is 3. The highest BCUT2D eigenvalue weighted by atomic mass is 32.1. The van der Waals surface area contributed by atoms with Crippen LogP contribution in [0.4, 0.5) is 5.13 Å². The van der Waals surface area contributed by atoms with E-state index in [1.54, 1.807) is 25.3 Å². The maximum atomic E-state index is 12.8. The van der Waals surface area contributed by atoms with Gasteiger partial charge in [0.25, 0.3) is 5.91 Å². The van der Waals surface area contributed by atoms with E-state index in [0.29, 0.717) is 23.1 Å². The van der Waals surface area contributed by atoms with Gasteiger partial charge in [-0.25, -0.2) is 4.98 Å². The van der Waals surface area contributed by atoms with Crippen molar-refractivity contribution in [1.29, 1.82) is 0 Å². The Morgan fingerprint density at radius 2 is 1.88 bits per heavy atom. The molecule has 2 aromatic heterocycles. The quantitative estimate of drug-likeness (QED) is 0.397. The van der Waals surface area contributed by atoms with E-state index in [9.17, 15) is 4.79 Å². The minimum Gasteiger partial charge on any atom is -0.497 e. The first-order valence-corrected chi connectivity index (χ1v) is 10.8. The molecule has 0 saturated heterocycles. The summed E-state index contributed by atoms with van der Waals surface area (Å²) >= 11 is 1.44. The van der Waals surface area contributed by atoms with Crippen molar-refractivity contribution in [3.8, 4) is 22.8 Å². The number of thiazole rings is 1. The van der Waals surface area contributed by atoms with Crippen molar-refractivity contribution in [3.63, 3.8) is 0 Å².